The second kappa shape index (κ2) is 13.3. The largest absolute Gasteiger partial charge is 0.456 e. The van der Waals surface area contributed by atoms with Gasteiger partial charge in [0.15, 0.2) is 0 Å². The highest BCUT2D eigenvalue weighted by molar-refractivity contribution is 5.92. The van der Waals surface area contributed by atoms with E-state index < -0.39 is 0 Å². The summed E-state index contributed by atoms with van der Waals surface area (Å²) in [6.07, 6.45) is 9.78. The molecule has 7 aromatic rings. The number of hydrogen-bond donors (Lipinski definition) is 0. The summed E-state index contributed by atoms with van der Waals surface area (Å²) in [5, 5.41) is 3.53. The van der Waals surface area contributed by atoms with Gasteiger partial charge in [0, 0.05) is 28.0 Å². The average molecular weight is 620 g/mol. The van der Waals surface area contributed by atoms with Gasteiger partial charge in [0.05, 0.1) is 0 Å². The molecule has 0 radical (unpaired) electrons. The van der Waals surface area contributed by atoms with E-state index in [9.17, 15) is 0 Å². The third kappa shape index (κ3) is 5.92. The highest BCUT2D eigenvalue weighted by Gasteiger charge is 2.16. The molecule has 0 atom stereocenters. The van der Waals surface area contributed by atoms with Crippen LogP contribution >= 0.6 is 0 Å². The average Bonchev–Trinajstić information content (AvgIpc) is 3.47. The number of fused-ring (bicyclic) bond motifs is 2. The van der Waals surface area contributed by atoms with Gasteiger partial charge in [0.25, 0.3) is 0 Å². The Bertz CT molecular complexity index is 2350. The Hall–Kier alpha value is -6.12. The standard InChI is InChI=1S/C46H37NO/c1-5-8-13-33(6-2)36-16-11-17-37(28-36)35-20-24-41(25-21-35)47(43-26-22-34-14-9-10-15-38(34)29-43)42-19-12-18-39(30-42)40-23-27-46-44(31-40)32(4)45(7-3)48-46/h5-31H,1,3H2,2,4H3/b13-8-,33-6+. The van der Waals surface area contributed by atoms with Crippen LogP contribution in [0.4, 0.5) is 17.1 Å². The Balaban J connectivity index is 1.30. The lowest BCUT2D eigenvalue weighted by Crippen LogP contribution is -2.10. The molecule has 0 spiro atoms. The normalized spacial score (nSPS) is 11.8. The van der Waals surface area contributed by atoms with Gasteiger partial charge in [-0.25, -0.2) is 0 Å². The van der Waals surface area contributed by atoms with Gasteiger partial charge in [-0.15, -0.1) is 0 Å². The zero-order valence-electron chi connectivity index (χ0n) is 27.4. The fourth-order valence-corrected chi connectivity index (χ4v) is 6.41. The van der Waals surface area contributed by atoms with Crippen molar-refractivity contribution in [3.63, 3.8) is 0 Å². The lowest BCUT2D eigenvalue weighted by Gasteiger charge is -2.26. The van der Waals surface area contributed by atoms with Gasteiger partial charge in [-0.05, 0) is 119 Å². The maximum Gasteiger partial charge on any atom is 0.135 e. The number of allylic oxidation sites excluding steroid dienone is 5. The molecular formula is C46H37NO. The van der Waals surface area contributed by atoms with Crippen LogP contribution in [0.3, 0.4) is 0 Å². The van der Waals surface area contributed by atoms with Gasteiger partial charge >= 0.3 is 0 Å². The smallest absolute Gasteiger partial charge is 0.135 e. The summed E-state index contributed by atoms with van der Waals surface area (Å²) in [4.78, 5) is 2.34. The first kappa shape index (κ1) is 30.5. The number of rotatable bonds is 9. The molecule has 0 N–H and O–H groups in total. The van der Waals surface area contributed by atoms with E-state index in [2.05, 4.69) is 178 Å². The summed E-state index contributed by atoms with van der Waals surface area (Å²) in [6, 6.07) is 47.9. The summed E-state index contributed by atoms with van der Waals surface area (Å²) in [5.41, 5.74) is 12.2. The summed E-state index contributed by atoms with van der Waals surface area (Å²) < 4.78 is 6.00. The molecule has 0 saturated carbocycles. The van der Waals surface area contributed by atoms with Crippen LogP contribution in [0.1, 0.15) is 23.8 Å². The predicted octanol–water partition coefficient (Wildman–Crippen LogP) is 13.5. The molecular weight excluding hydrogens is 583 g/mol. The summed E-state index contributed by atoms with van der Waals surface area (Å²) in [6.45, 7) is 11.9. The summed E-state index contributed by atoms with van der Waals surface area (Å²) in [5.74, 6) is 0.820. The molecule has 7 rings (SSSR count). The molecule has 1 aromatic heterocycles. The zero-order valence-corrected chi connectivity index (χ0v) is 27.4. The number of furan rings is 1. The van der Waals surface area contributed by atoms with E-state index in [0.717, 1.165) is 50.5 Å². The number of aryl methyl sites for hydroxylation is 1. The summed E-state index contributed by atoms with van der Waals surface area (Å²) in [7, 11) is 0. The molecule has 232 valence electrons. The second-order valence-electron chi connectivity index (χ2n) is 11.9. The molecule has 0 aliphatic carbocycles. The van der Waals surface area contributed by atoms with Crippen molar-refractivity contribution in [1.29, 1.82) is 0 Å². The number of nitrogens with zero attached hydrogens (tertiary/aromatic N) is 1. The molecule has 0 saturated heterocycles. The van der Waals surface area contributed by atoms with Crippen LogP contribution in [0.15, 0.2) is 175 Å². The van der Waals surface area contributed by atoms with Crippen molar-refractivity contribution in [2.45, 2.75) is 13.8 Å². The van der Waals surface area contributed by atoms with Gasteiger partial charge in [0.2, 0.25) is 0 Å². The van der Waals surface area contributed by atoms with Crippen LogP contribution in [0.25, 0.3) is 55.6 Å². The molecule has 0 fully saturated rings. The van der Waals surface area contributed by atoms with Crippen LogP contribution < -0.4 is 4.90 Å². The lowest BCUT2D eigenvalue weighted by molar-refractivity contribution is 0.601. The molecule has 0 bridgehead atoms. The van der Waals surface area contributed by atoms with E-state index in [0.29, 0.717) is 0 Å². The Morgan fingerprint density at radius 1 is 0.625 bits per heavy atom. The Morgan fingerprint density at radius 2 is 1.31 bits per heavy atom. The van der Waals surface area contributed by atoms with Crippen molar-refractivity contribution in [2.75, 3.05) is 4.90 Å². The number of benzene rings is 6. The first-order valence-electron chi connectivity index (χ1n) is 16.3. The van der Waals surface area contributed by atoms with Gasteiger partial charge < -0.3 is 9.32 Å². The predicted molar refractivity (Wildman–Crippen MR) is 207 cm³/mol. The van der Waals surface area contributed by atoms with Crippen LogP contribution in [-0.4, -0.2) is 0 Å². The molecule has 0 aliphatic heterocycles. The maximum absolute atomic E-state index is 6.00. The molecule has 48 heavy (non-hydrogen) atoms. The minimum Gasteiger partial charge on any atom is -0.456 e. The van der Waals surface area contributed by atoms with E-state index in [1.54, 1.807) is 12.2 Å². The van der Waals surface area contributed by atoms with E-state index in [1.807, 2.05) is 6.08 Å². The quantitative estimate of drug-likeness (QED) is 0.149. The highest BCUT2D eigenvalue weighted by atomic mass is 16.3. The number of anilines is 3. The van der Waals surface area contributed by atoms with Crippen molar-refractivity contribution in [3.05, 3.63) is 188 Å². The molecule has 2 heteroatoms. The van der Waals surface area contributed by atoms with Crippen molar-refractivity contribution in [3.8, 4) is 22.3 Å². The molecule has 2 nitrogen and oxygen atoms in total. The Labute approximate surface area is 282 Å². The first-order valence-corrected chi connectivity index (χ1v) is 16.3. The van der Waals surface area contributed by atoms with Crippen molar-refractivity contribution in [1.82, 2.24) is 0 Å². The first-order chi connectivity index (χ1) is 23.6. The fourth-order valence-electron chi connectivity index (χ4n) is 6.41. The van der Waals surface area contributed by atoms with Crippen LogP contribution in [-0.2, 0) is 0 Å². The molecule has 6 aromatic carbocycles. The number of hydrogen-bond acceptors (Lipinski definition) is 2. The van der Waals surface area contributed by atoms with Gasteiger partial charge in [0.1, 0.15) is 11.3 Å². The van der Waals surface area contributed by atoms with Crippen molar-refractivity contribution < 1.29 is 4.42 Å². The molecule has 1 heterocycles. The van der Waals surface area contributed by atoms with Crippen LogP contribution in [0.2, 0.25) is 0 Å². The second-order valence-corrected chi connectivity index (χ2v) is 11.9. The highest BCUT2D eigenvalue weighted by Crippen LogP contribution is 2.39. The molecule has 0 aliphatic rings. The van der Waals surface area contributed by atoms with E-state index in [1.165, 1.54) is 33.0 Å². The SMILES string of the molecule is C=C/C=C\C(=C/C)c1cccc(-c2ccc(N(c3cccc(-c4ccc5oc(C=C)c(C)c5c4)c3)c3ccc4ccccc4c3)cc2)c1. The molecule has 0 unspecified atom stereocenters. The Kier molecular flexibility index (Phi) is 8.47. The molecule has 0 amide bonds. The maximum atomic E-state index is 6.00. The van der Waals surface area contributed by atoms with Crippen LogP contribution in [0, 0.1) is 6.92 Å². The minimum atomic E-state index is 0.820. The fraction of sp³-hybridized carbons (Fsp3) is 0.0435. The third-order valence-corrected chi connectivity index (χ3v) is 8.97. The van der Waals surface area contributed by atoms with Crippen molar-refractivity contribution in [2.24, 2.45) is 0 Å². The van der Waals surface area contributed by atoms with Gasteiger partial charge in [-0.2, -0.15) is 0 Å². The Morgan fingerprint density at radius 3 is 2.08 bits per heavy atom. The lowest BCUT2D eigenvalue weighted by atomic mass is 9.98. The van der Waals surface area contributed by atoms with E-state index in [4.69, 9.17) is 4.42 Å². The van der Waals surface area contributed by atoms with E-state index >= 15 is 0 Å². The third-order valence-electron chi connectivity index (χ3n) is 8.97. The van der Waals surface area contributed by atoms with Crippen molar-refractivity contribution >= 4 is 50.5 Å². The van der Waals surface area contributed by atoms with Crippen LogP contribution in [0.5, 0.6) is 0 Å². The zero-order chi connectivity index (χ0) is 33.0. The van der Waals surface area contributed by atoms with Gasteiger partial charge in [-0.1, -0.05) is 116 Å². The minimum absolute atomic E-state index is 0.820. The topological polar surface area (TPSA) is 16.4 Å². The summed E-state index contributed by atoms with van der Waals surface area (Å²) >= 11 is 0. The van der Waals surface area contributed by atoms with E-state index in [-0.39, 0.29) is 0 Å². The monoisotopic (exact) mass is 619 g/mol. The van der Waals surface area contributed by atoms with Gasteiger partial charge in [-0.3, -0.25) is 0 Å².